The summed E-state index contributed by atoms with van der Waals surface area (Å²) in [7, 11) is 0. The highest BCUT2D eigenvalue weighted by Crippen LogP contribution is 2.37. The molecule has 0 amide bonds. The zero-order chi connectivity index (χ0) is 10.1. The van der Waals surface area contributed by atoms with Crippen LogP contribution in [0.4, 0.5) is 0 Å². The summed E-state index contributed by atoms with van der Waals surface area (Å²) in [5, 5.41) is 9.53. The molecule has 1 N–H and O–H groups in total. The van der Waals surface area contributed by atoms with E-state index in [1.807, 2.05) is 0 Å². The number of hydrogen-bond donors (Lipinski definition) is 1. The molecule has 14 heavy (non-hydrogen) atoms. The summed E-state index contributed by atoms with van der Waals surface area (Å²) in [5.41, 5.74) is 0. The number of carbonyl (C=O) groups excluding carboxylic acids is 1. The normalized spacial score (nSPS) is 41.1. The maximum atomic E-state index is 11.0. The van der Waals surface area contributed by atoms with Crippen molar-refractivity contribution in [1.29, 1.82) is 0 Å². The van der Waals surface area contributed by atoms with Crippen molar-refractivity contribution < 1.29 is 19.4 Å². The standard InChI is InChI=1S/C10H16O4/c1-2-3-4-7-9-6(10(12)13-7)5-8(11)14-9/h6-7,9-10,12H,2-5H2,1H3/t6?,7-,9?,10-/m1/s1. The highest BCUT2D eigenvalue weighted by atomic mass is 16.7. The first-order valence-corrected chi connectivity index (χ1v) is 5.25. The van der Waals surface area contributed by atoms with Gasteiger partial charge in [-0.25, -0.2) is 0 Å². The van der Waals surface area contributed by atoms with Crippen LogP contribution in [0.25, 0.3) is 0 Å². The number of carbonyl (C=O) groups is 1. The van der Waals surface area contributed by atoms with Gasteiger partial charge in [-0.2, -0.15) is 0 Å². The van der Waals surface area contributed by atoms with Gasteiger partial charge in [0.25, 0.3) is 0 Å². The van der Waals surface area contributed by atoms with Crippen LogP contribution < -0.4 is 0 Å². The highest BCUT2D eigenvalue weighted by molar-refractivity contribution is 5.72. The lowest BCUT2D eigenvalue weighted by Crippen LogP contribution is -2.24. The van der Waals surface area contributed by atoms with Gasteiger partial charge < -0.3 is 14.6 Å². The van der Waals surface area contributed by atoms with Crippen LogP contribution in [-0.4, -0.2) is 29.6 Å². The molecule has 0 aliphatic carbocycles. The fourth-order valence-corrected chi connectivity index (χ4v) is 2.21. The lowest BCUT2D eigenvalue weighted by Gasteiger charge is -2.15. The molecule has 0 aromatic rings. The summed E-state index contributed by atoms with van der Waals surface area (Å²) < 4.78 is 10.5. The Hall–Kier alpha value is -0.610. The molecule has 2 saturated heterocycles. The monoisotopic (exact) mass is 200 g/mol. The molecule has 80 valence electrons. The van der Waals surface area contributed by atoms with Crippen LogP contribution in [-0.2, 0) is 14.3 Å². The third-order valence-electron chi connectivity index (χ3n) is 2.98. The highest BCUT2D eigenvalue weighted by Gasteiger charge is 2.50. The Morgan fingerprint density at radius 3 is 3.07 bits per heavy atom. The summed E-state index contributed by atoms with van der Waals surface area (Å²) in [6.45, 7) is 2.10. The fourth-order valence-electron chi connectivity index (χ4n) is 2.21. The van der Waals surface area contributed by atoms with Gasteiger partial charge in [-0.1, -0.05) is 19.8 Å². The second-order valence-electron chi connectivity index (χ2n) is 4.03. The maximum Gasteiger partial charge on any atom is 0.306 e. The zero-order valence-electron chi connectivity index (χ0n) is 8.31. The van der Waals surface area contributed by atoms with Crippen LogP contribution >= 0.6 is 0 Å². The van der Waals surface area contributed by atoms with E-state index in [0.717, 1.165) is 19.3 Å². The molecule has 4 nitrogen and oxygen atoms in total. The quantitative estimate of drug-likeness (QED) is 0.685. The molecule has 4 atom stereocenters. The SMILES string of the molecule is CCCC[C@H]1O[C@@H](O)C2CC(=O)OC21. The van der Waals surface area contributed by atoms with Gasteiger partial charge in [-0.15, -0.1) is 0 Å². The van der Waals surface area contributed by atoms with Crippen LogP contribution in [0.15, 0.2) is 0 Å². The molecule has 2 aliphatic heterocycles. The van der Waals surface area contributed by atoms with Crippen molar-refractivity contribution in [3.63, 3.8) is 0 Å². The molecule has 2 aliphatic rings. The van der Waals surface area contributed by atoms with Crippen molar-refractivity contribution in [3.05, 3.63) is 0 Å². The van der Waals surface area contributed by atoms with Crippen LogP contribution in [0.5, 0.6) is 0 Å². The van der Waals surface area contributed by atoms with Gasteiger partial charge in [-0.05, 0) is 6.42 Å². The van der Waals surface area contributed by atoms with Gasteiger partial charge in [0.2, 0.25) is 0 Å². The van der Waals surface area contributed by atoms with E-state index in [0.29, 0.717) is 6.42 Å². The first-order chi connectivity index (χ1) is 6.72. The zero-order valence-corrected chi connectivity index (χ0v) is 8.31. The summed E-state index contributed by atoms with van der Waals surface area (Å²) in [5.74, 6) is -0.340. The van der Waals surface area contributed by atoms with Gasteiger partial charge in [-0.3, -0.25) is 4.79 Å². The largest absolute Gasteiger partial charge is 0.459 e. The molecule has 0 radical (unpaired) electrons. The molecular formula is C10H16O4. The van der Waals surface area contributed by atoms with Crippen molar-refractivity contribution in [1.82, 2.24) is 0 Å². The average molecular weight is 200 g/mol. The molecule has 0 aromatic carbocycles. The molecule has 0 saturated carbocycles. The first kappa shape index (κ1) is 9.93. The Bertz CT molecular complexity index is 228. The predicted octanol–water partition coefficient (Wildman–Crippen LogP) is 0.825. The van der Waals surface area contributed by atoms with Crippen molar-refractivity contribution in [3.8, 4) is 0 Å². The number of rotatable bonds is 3. The van der Waals surface area contributed by atoms with Crippen molar-refractivity contribution in [2.45, 2.75) is 51.1 Å². The molecule has 0 spiro atoms. The Morgan fingerprint density at radius 2 is 2.36 bits per heavy atom. The lowest BCUT2D eigenvalue weighted by atomic mass is 9.97. The Morgan fingerprint density at radius 1 is 1.57 bits per heavy atom. The van der Waals surface area contributed by atoms with E-state index < -0.39 is 6.29 Å². The predicted molar refractivity (Wildman–Crippen MR) is 48.4 cm³/mol. The third-order valence-corrected chi connectivity index (χ3v) is 2.98. The van der Waals surface area contributed by atoms with Gasteiger partial charge in [0.15, 0.2) is 6.29 Å². The van der Waals surface area contributed by atoms with E-state index in [4.69, 9.17) is 9.47 Å². The van der Waals surface area contributed by atoms with E-state index in [-0.39, 0.29) is 24.1 Å². The maximum absolute atomic E-state index is 11.0. The molecule has 2 unspecified atom stereocenters. The number of hydrogen-bond acceptors (Lipinski definition) is 4. The molecule has 2 rings (SSSR count). The molecule has 0 aromatic heterocycles. The lowest BCUT2D eigenvalue weighted by molar-refractivity contribution is -0.152. The van der Waals surface area contributed by atoms with Crippen molar-refractivity contribution in [2.24, 2.45) is 5.92 Å². The second-order valence-corrected chi connectivity index (χ2v) is 4.03. The molecular weight excluding hydrogens is 184 g/mol. The Balaban J connectivity index is 1.97. The minimum absolute atomic E-state index is 0.0959. The Labute approximate surface area is 83.2 Å². The van der Waals surface area contributed by atoms with Crippen molar-refractivity contribution in [2.75, 3.05) is 0 Å². The van der Waals surface area contributed by atoms with E-state index in [1.165, 1.54) is 0 Å². The average Bonchev–Trinajstić information content (AvgIpc) is 2.64. The summed E-state index contributed by atoms with van der Waals surface area (Å²) >= 11 is 0. The summed E-state index contributed by atoms with van der Waals surface area (Å²) in [6.07, 6.45) is 2.18. The van der Waals surface area contributed by atoms with Crippen LogP contribution in [0.3, 0.4) is 0 Å². The first-order valence-electron chi connectivity index (χ1n) is 5.25. The fraction of sp³-hybridized carbons (Fsp3) is 0.900. The topological polar surface area (TPSA) is 55.8 Å². The number of fused-ring (bicyclic) bond motifs is 1. The van der Waals surface area contributed by atoms with Gasteiger partial charge in [0.05, 0.1) is 18.4 Å². The number of unbranched alkanes of at least 4 members (excludes halogenated alkanes) is 1. The summed E-state index contributed by atoms with van der Waals surface area (Å²) in [6, 6.07) is 0. The van der Waals surface area contributed by atoms with E-state index in [2.05, 4.69) is 6.92 Å². The van der Waals surface area contributed by atoms with Crippen LogP contribution in [0.1, 0.15) is 32.6 Å². The van der Waals surface area contributed by atoms with E-state index in [1.54, 1.807) is 0 Å². The van der Waals surface area contributed by atoms with Gasteiger partial charge >= 0.3 is 5.97 Å². The smallest absolute Gasteiger partial charge is 0.306 e. The van der Waals surface area contributed by atoms with E-state index in [9.17, 15) is 9.90 Å². The molecule has 0 bridgehead atoms. The molecule has 4 heteroatoms. The minimum Gasteiger partial charge on any atom is -0.459 e. The van der Waals surface area contributed by atoms with Crippen LogP contribution in [0, 0.1) is 5.92 Å². The summed E-state index contributed by atoms with van der Waals surface area (Å²) in [4.78, 5) is 11.0. The number of aliphatic hydroxyl groups excluding tert-OH is 1. The third kappa shape index (κ3) is 1.64. The number of ether oxygens (including phenoxy) is 2. The van der Waals surface area contributed by atoms with Gasteiger partial charge in [0, 0.05) is 0 Å². The Kier molecular flexibility index (Phi) is 2.74. The van der Waals surface area contributed by atoms with Crippen LogP contribution in [0.2, 0.25) is 0 Å². The molecule has 2 heterocycles. The molecule has 2 fully saturated rings. The van der Waals surface area contributed by atoms with E-state index >= 15 is 0 Å². The minimum atomic E-state index is -0.812. The number of aliphatic hydroxyl groups is 1. The van der Waals surface area contributed by atoms with Crippen molar-refractivity contribution >= 4 is 5.97 Å². The van der Waals surface area contributed by atoms with Gasteiger partial charge in [0.1, 0.15) is 6.10 Å². The number of esters is 1. The second kappa shape index (κ2) is 3.87.